The lowest BCUT2D eigenvalue weighted by atomic mass is 9.85. The molecule has 5 aliphatic heterocycles. The van der Waals surface area contributed by atoms with Gasteiger partial charge >= 0.3 is 6.18 Å². The molecule has 13 rings (SSSR count). The minimum absolute atomic E-state index is 0.0842. The number of rotatable bonds is 3. The standard InChI is InChI=1S/C19H22NO.C17H26NO.C16H11F5NO.C16H16NO.C14H17F3NO/c1-12-6-14(3)17(15(4)7-12)10-20-11-21-19-16(5)8-13(2)9-18(19)20;1-12-8-13(17(5,6)7)15-14(9-12)18(11-19-15)10-16(2,3)4;1-7-3-8(2)16-10(4-7)22(6-23-16)5-9-11(17)13(19)15(21)14(20)12(9)18;1-12-8-13(2)16-15(9-12)17(11-18-16)10-14-6-4-3-5-7-14;1-9-5-10(13(2,3)4)12-11(6-9)18(8-19-12)7-14(15,16)17/h6-10H,11H2,1-5H3;8-10H,11H2,1-7H3;3-5H,6H2,1-2H3;3-10H,11H2,1-2H3;5-7H,8H2,1-4H3/q5*+1/b20-10-;18-10-;22-5-;17-10-;18-7-. The molecule has 0 N–H and O–H groups in total. The molecule has 526 valence electrons. The number of nitrogens with zero attached hydrogens (tertiary/aromatic N) is 5. The molecule has 18 heteroatoms. The molecule has 10 nitrogen and oxygen atoms in total. The fourth-order valence-corrected chi connectivity index (χ4v) is 12.7. The van der Waals surface area contributed by atoms with E-state index in [1.54, 1.807) is 19.1 Å². The van der Waals surface area contributed by atoms with Crippen LogP contribution in [0, 0.1) is 111 Å². The number of alkyl halides is 3. The first-order valence-electron chi connectivity index (χ1n) is 33.2. The zero-order valence-electron chi connectivity index (χ0n) is 61.0. The smallest absolute Gasteiger partial charge is 0.429 e. The minimum Gasteiger partial charge on any atom is -0.429 e. The summed E-state index contributed by atoms with van der Waals surface area (Å²) in [7, 11) is 0. The number of hydrogen-bond donors (Lipinski definition) is 0. The van der Waals surface area contributed by atoms with Crippen LogP contribution in [-0.4, -0.2) is 93.8 Å². The van der Waals surface area contributed by atoms with Crippen LogP contribution >= 0.6 is 0 Å². The molecule has 8 aromatic rings. The van der Waals surface area contributed by atoms with Crippen molar-refractivity contribution in [3.63, 3.8) is 0 Å². The number of ether oxygens (including phenoxy) is 5. The van der Waals surface area contributed by atoms with E-state index in [-0.39, 0.29) is 35.9 Å². The first-order valence-corrected chi connectivity index (χ1v) is 33.2. The van der Waals surface area contributed by atoms with Crippen molar-refractivity contribution in [3.05, 3.63) is 221 Å². The highest BCUT2D eigenvalue weighted by atomic mass is 19.4. The lowest BCUT2D eigenvalue weighted by Crippen LogP contribution is -2.19. The van der Waals surface area contributed by atoms with Gasteiger partial charge in [-0.1, -0.05) is 129 Å². The van der Waals surface area contributed by atoms with Gasteiger partial charge in [0.15, 0.2) is 48.1 Å². The van der Waals surface area contributed by atoms with Gasteiger partial charge in [0.25, 0.3) is 68.3 Å². The van der Waals surface area contributed by atoms with Crippen molar-refractivity contribution in [2.75, 3.05) is 33.7 Å². The van der Waals surface area contributed by atoms with Gasteiger partial charge in [-0.25, -0.2) is 22.0 Å². The molecule has 5 aliphatic rings. The predicted octanol–water partition coefficient (Wildman–Crippen LogP) is 20.2. The average molecular weight is 1380 g/mol. The summed E-state index contributed by atoms with van der Waals surface area (Å²) in [6, 6.07) is 35.2. The zero-order chi connectivity index (χ0) is 73.4. The topological polar surface area (TPSA) is 61.2 Å². The fourth-order valence-electron chi connectivity index (χ4n) is 12.7. The molecule has 0 amide bonds. The van der Waals surface area contributed by atoms with Crippen molar-refractivity contribution in [3.8, 4) is 28.7 Å². The van der Waals surface area contributed by atoms with Crippen molar-refractivity contribution in [1.29, 1.82) is 0 Å². The fraction of sp³-hybridized carbons (Fsp3) is 0.354. The van der Waals surface area contributed by atoms with E-state index in [1.807, 2.05) is 65.0 Å². The molecule has 5 heterocycles. The highest BCUT2D eigenvalue weighted by molar-refractivity contribution is 5.82. The quantitative estimate of drug-likeness (QED) is 0.0763. The van der Waals surface area contributed by atoms with E-state index >= 15 is 0 Å². The molecule has 0 atom stereocenters. The normalized spacial score (nSPS) is 16.1. The van der Waals surface area contributed by atoms with E-state index in [2.05, 4.69) is 190 Å². The molecule has 0 saturated carbocycles. The van der Waals surface area contributed by atoms with Crippen molar-refractivity contribution >= 4 is 59.5 Å². The van der Waals surface area contributed by atoms with Crippen molar-refractivity contribution in [2.45, 2.75) is 155 Å². The molecular weight excluding hydrogens is 1290 g/mol. The monoisotopic (exact) mass is 1380 g/mol. The maximum absolute atomic E-state index is 13.8. The highest BCUT2D eigenvalue weighted by Gasteiger charge is 2.40. The van der Waals surface area contributed by atoms with E-state index in [4.69, 9.17) is 23.7 Å². The maximum Gasteiger partial charge on any atom is 0.469 e. The number of aryl methyl sites for hydroxylation is 11. The second kappa shape index (κ2) is 29.4. The predicted molar refractivity (Wildman–Crippen MR) is 381 cm³/mol. The molecule has 0 aromatic heterocycles. The van der Waals surface area contributed by atoms with Crippen LogP contribution in [0.15, 0.2) is 103 Å². The van der Waals surface area contributed by atoms with E-state index in [9.17, 15) is 35.1 Å². The summed E-state index contributed by atoms with van der Waals surface area (Å²) in [4.78, 5) is 0. The Labute approximate surface area is 583 Å². The summed E-state index contributed by atoms with van der Waals surface area (Å²) in [5.41, 5.74) is 21.1. The van der Waals surface area contributed by atoms with Gasteiger partial charge in [-0.15, -0.1) is 0 Å². The molecule has 0 fully saturated rings. The van der Waals surface area contributed by atoms with Crippen LogP contribution in [0.5, 0.6) is 28.7 Å². The molecule has 0 aliphatic carbocycles. The third-order valence-corrected chi connectivity index (χ3v) is 17.0. The second-order valence-electron chi connectivity index (χ2n) is 29.6. The van der Waals surface area contributed by atoms with E-state index in [1.165, 1.54) is 77.1 Å². The maximum atomic E-state index is 13.8. The van der Waals surface area contributed by atoms with Crippen LogP contribution in [0.25, 0.3) is 0 Å². The lowest BCUT2D eigenvalue weighted by molar-refractivity contribution is -0.460. The Kier molecular flexibility index (Phi) is 22.0. The van der Waals surface area contributed by atoms with E-state index in [0.29, 0.717) is 43.1 Å². The number of benzene rings is 8. The van der Waals surface area contributed by atoms with E-state index in [0.717, 1.165) is 56.0 Å². The largest absolute Gasteiger partial charge is 0.469 e. The molecule has 8 aromatic carbocycles. The highest BCUT2D eigenvalue weighted by Crippen LogP contribution is 2.45. The molecule has 0 bridgehead atoms. The number of fused-ring (bicyclic) bond motifs is 5. The SMILES string of the molecule is Cc1cc(C)c(/C=[N+]2/COc3c(C)cc(C)cc32)c(C)c1.Cc1cc(C)c2c(c1)/[N+](=C\c1c(F)c(F)c(F)c(F)c1F)CO2.Cc1cc(C)c2c(c1)/[N+](=C\c1ccccc1)CO2.Cc1cc2c(c(C(C)(C)C)c1)OC/[N+]2=C/C(C)(C)C.Cc1cc2c(c(C(C)(C)C)c1)OC/[N+]2=C/C(F)(F)F. The Morgan fingerprint density at radius 3 is 0.970 bits per heavy atom. The summed E-state index contributed by atoms with van der Waals surface area (Å²) in [5.74, 6) is -5.74. The third kappa shape index (κ3) is 17.4. The summed E-state index contributed by atoms with van der Waals surface area (Å²) in [6.07, 6.45) is 3.37. The Balaban J connectivity index is 0.000000146. The van der Waals surface area contributed by atoms with Gasteiger partial charge < -0.3 is 23.7 Å². The average Bonchev–Trinajstić information content (AvgIpc) is 1.54. The Bertz CT molecular complexity index is 4510. The van der Waals surface area contributed by atoms with Gasteiger partial charge in [0.2, 0.25) is 34.6 Å². The third-order valence-electron chi connectivity index (χ3n) is 17.0. The first-order chi connectivity index (χ1) is 46.7. The van der Waals surface area contributed by atoms with Gasteiger partial charge in [0.05, 0.1) is 0 Å². The Hall–Kier alpha value is -9.45. The minimum atomic E-state index is -4.35. The van der Waals surface area contributed by atoms with Gasteiger partial charge in [-0.05, 0) is 155 Å². The molecule has 0 spiro atoms. The molecule has 0 unspecified atom stereocenters. The molecule has 100 heavy (non-hydrogen) atoms. The Morgan fingerprint density at radius 2 is 0.610 bits per heavy atom. The molecular formula is C82H92F8N5O5+5. The molecule has 0 radical (unpaired) electrons. The van der Waals surface area contributed by atoms with Crippen LogP contribution in [-0.2, 0) is 10.8 Å². The Morgan fingerprint density at radius 1 is 0.320 bits per heavy atom. The zero-order valence-corrected chi connectivity index (χ0v) is 61.0. The second-order valence-corrected chi connectivity index (χ2v) is 29.6. The van der Waals surface area contributed by atoms with Gasteiger partial charge in [0.1, 0.15) is 5.56 Å². The molecule has 0 saturated heterocycles. The van der Waals surface area contributed by atoms with Gasteiger partial charge in [0, 0.05) is 58.0 Å². The van der Waals surface area contributed by atoms with Crippen LogP contribution in [0.4, 0.5) is 63.6 Å². The van der Waals surface area contributed by atoms with Crippen LogP contribution in [0.3, 0.4) is 0 Å². The summed E-state index contributed by atoms with van der Waals surface area (Å²) in [6.45, 7) is 43.6. The first kappa shape index (κ1) is 74.8. The van der Waals surface area contributed by atoms with Crippen molar-refractivity contribution in [1.82, 2.24) is 0 Å². The lowest BCUT2D eigenvalue weighted by Gasteiger charge is -2.20. The van der Waals surface area contributed by atoms with Gasteiger partial charge in [-0.2, -0.15) is 36.0 Å². The van der Waals surface area contributed by atoms with Crippen LogP contribution in [0.2, 0.25) is 0 Å². The number of hydrogen-bond acceptors (Lipinski definition) is 5. The van der Waals surface area contributed by atoms with Crippen molar-refractivity contribution < 1.29 is 81.7 Å². The number of halogens is 8. The summed E-state index contributed by atoms with van der Waals surface area (Å²) < 4.78 is 142. The van der Waals surface area contributed by atoms with Crippen molar-refractivity contribution in [2.24, 2.45) is 5.41 Å². The van der Waals surface area contributed by atoms with E-state index < -0.39 is 40.8 Å². The summed E-state index contributed by atoms with van der Waals surface area (Å²) in [5, 5.41) is 0. The van der Waals surface area contributed by atoms with Crippen LogP contribution in [0.1, 0.15) is 151 Å². The summed E-state index contributed by atoms with van der Waals surface area (Å²) >= 11 is 0. The van der Waals surface area contributed by atoms with Crippen LogP contribution < -0.4 is 23.7 Å². The van der Waals surface area contributed by atoms with Gasteiger partial charge in [-0.3, -0.25) is 0 Å².